The summed E-state index contributed by atoms with van der Waals surface area (Å²) in [5, 5.41) is 3.14. The summed E-state index contributed by atoms with van der Waals surface area (Å²) in [7, 11) is 0. The number of aromatic nitrogens is 1. The molecule has 1 heterocycles. The summed E-state index contributed by atoms with van der Waals surface area (Å²) in [6.07, 6.45) is 3.78. The third-order valence-electron chi connectivity index (χ3n) is 3.08. The van der Waals surface area contributed by atoms with Crippen molar-refractivity contribution in [3.63, 3.8) is 0 Å². The lowest BCUT2D eigenvalue weighted by Gasteiger charge is -2.22. The van der Waals surface area contributed by atoms with Crippen molar-refractivity contribution in [3.05, 3.63) is 52.5 Å². The summed E-state index contributed by atoms with van der Waals surface area (Å²) in [6, 6.07) is 10.7. The summed E-state index contributed by atoms with van der Waals surface area (Å²) >= 11 is 1.68. The molecule has 2 atom stereocenters. The zero-order valence-corrected chi connectivity index (χ0v) is 10.9. The zero-order chi connectivity index (χ0) is 12.1. The molecule has 0 aliphatic rings. The third kappa shape index (κ3) is 3.14. The van der Waals surface area contributed by atoms with E-state index in [0.29, 0.717) is 5.92 Å². The highest BCUT2D eigenvalue weighted by atomic mass is 32.1. The standard InChI is InChI=1S/C14H18N2S/c1-2-12(11-6-4-3-5-7-11)13(15)10-14-16-8-9-17-14/h3-9,12-13H,2,10,15H2,1H3. The molecule has 1 aromatic carbocycles. The third-order valence-corrected chi connectivity index (χ3v) is 3.88. The average molecular weight is 246 g/mol. The topological polar surface area (TPSA) is 38.9 Å². The summed E-state index contributed by atoms with van der Waals surface area (Å²) in [5.74, 6) is 0.417. The van der Waals surface area contributed by atoms with E-state index in [0.717, 1.165) is 17.8 Å². The second kappa shape index (κ2) is 5.94. The highest BCUT2D eigenvalue weighted by Crippen LogP contribution is 2.24. The van der Waals surface area contributed by atoms with E-state index in [1.165, 1.54) is 5.56 Å². The van der Waals surface area contributed by atoms with Crippen LogP contribution in [0.15, 0.2) is 41.9 Å². The van der Waals surface area contributed by atoms with Gasteiger partial charge in [-0.3, -0.25) is 0 Å². The van der Waals surface area contributed by atoms with E-state index < -0.39 is 0 Å². The number of hydrogen-bond acceptors (Lipinski definition) is 3. The van der Waals surface area contributed by atoms with Crippen molar-refractivity contribution < 1.29 is 0 Å². The first-order chi connectivity index (χ1) is 8.31. The van der Waals surface area contributed by atoms with Gasteiger partial charge in [-0.1, -0.05) is 37.3 Å². The van der Waals surface area contributed by atoms with Gasteiger partial charge < -0.3 is 5.73 Å². The molecular weight excluding hydrogens is 228 g/mol. The van der Waals surface area contributed by atoms with Crippen molar-refractivity contribution in [2.24, 2.45) is 5.73 Å². The average Bonchev–Trinajstić information content (AvgIpc) is 2.84. The SMILES string of the molecule is CCC(c1ccccc1)C(N)Cc1nccs1. The Kier molecular flexibility index (Phi) is 4.29. The molecule has 0 aliphatic heterocycles. The van der Waals surface area contributed by atoms with Crippen LogP contribution in [0.25, 0.3) is 0 Å². The molecule has 2 unspecified atom stereocenters. The molecule has 1 aromatic heterocycles. The minimum Gasteiger partial charge on any atom is -0.327 e. The Morgan fingerprint density at radius 3 is 2.65 bits per heavy atom. The van der Waals surface area contributed by atoms with Crippen LogP contribution in [0, 0.1) is 0 Å². The van der Waals surface area contributed by atoms with Crippen LogP contribution in [-0.2, 0) is 6.42 Å². The van der Waals surface area contributed by atoms with Crippen molar-refractivity contribution in [2.75, 3.05) is 0 Å². The Bertz CT molecular complexity index is 425. The minimum absolute atomic E-state index is 0.147. The fraction of sp³-hybridized carbons (Fsp3) is 0.357. The molecule has 0 saturated heterocycles. The molecule has 0 amide bonds. The van der Waals surface area contributed by atoms with E-state index in [1.54, 1.807) is 11.3 Å². The molecule has 0 saturated carbocycles. The van der Waals surface area contributed by atoms with Gasteiger partial charge in [-0.15, -0.1) is 11.3 Å². The number of hydrogen-bond donors (Lipinski definition) is 1. The van der Waals surface area contributed by atoms with Gasteiger partial charge >= 0.3 is 0 Å². The van der Waals surface area contributed by atoms with Crippen molar-refractivity contribution in [2.45, 2.75) is 31.7 Å². The molecule has 2 N–H and O–H groups in total. The smallest absolute Gasteiger partial charge is 0.0940 e. The lowest BCUT2D eigenvalue weighted by Crippen LogP contribution is -2.30. The molecule has 2 rings (SSSR count). The first-order valence-electron chi connectivity index (χ1n) is 6.00. The molecule has 0 aliphatic carbocycles. The molecule has 0 fully saturated rings. The number of benzene rings is 1. The van der Waals surface area contributed by atoms with Gasteiger partial charge in [0, 0.05) is 24.0 Å². The predicted octanol–water partition coefficient (Wildman–Crippen LogP) is 3.21. The molecule has 2 nitrogen and oxygen atoms in total. The van der Waals surface area contributed by atoms with Gasteiger partial charge in [-0.25, -0.2) is 4.98 Å². The van der Waals surface area contributed by atoms with Crippen molar-refractivity contribution in [3.8, 4) is 0 Å². The van der Waals surface area contributed by atoms with E-state index in [-0.39, 0.29) is 6.04 Å². The maximum atomic E-state index is 6.32. The Balaban J connectivity index is 2.08. The maximum Gasteiger partial charge on any atom is 0.0940 e. The summed E-state index contributed by atoms with van der Waals surface area (Å²) < 4.78 is 0. The van der Waals surface area contributed by atoms with Gasteiger partial charge in [0.1, 0.15) is 0 Å². The van der Waals surface area contributed by atoms with Crippen LogP contribution in [0.5, 0.6) is 0 Å². The lowest BCUT2D eigenvalue weighted by atomic mass is 9.88. The highest BCUT2D eigenvalue weighted by Gasteiger charge is 2.18. The van der Waals surface area contributed by atoms with Crippen LogP contribution < -0.4 is 5.73 Å². The van der Waals surface area contributed by atoms with Crippen molar-refractivity contribution in [1.29, 1.82) is 0 Å². The second-order valence-electron chi connectivity index (χ2n) is 4.22. The first-order valence-corrected chi connectivity index (χ1v) is 6.88. The first kappa shape index (κ1) is 12.3. The number of nitrogens with two attached hydrogens (primary N) is 1. The molecule has 17 heavy (non-hydrogen) atoms. The van der Waals surface area contributed by atoms with Gasteiger partial charge in [0.05, 0.1) is 5.01 Å². The Labute approximate surface area is 107 Å². The molecule has 2 aromatic rings. The van der Waals surface area contributed by atoms with Crippen LogP contribution in [0.2, 0.25) is 0 Å². The number of nitrogens with zero attached hydrogens (tertiary/aromatic N) is 1. The van der Waals surface area contributed by atoms with E-state index in [1.807, 2.05) is 17.6 Å². The molecule has 0 spiro atoms. The van der Waals surface area contributed by atoms with Crippen LogP contribution in [0.3, 0.4) is 0 Å². The van der Waals surface area contributed by atoms with Gasteiger partial charge in [-0.05, 0) is 17.9 Å². The molecule has 3 heteroatoms. The van der Waals surface area contributed by atoms with E-state index in [9.17, 15) is 0 Å². The van der Waals surface area contributed by atoms with Crippen LogP contribution in [0.4, 0.5) is 0 Å². The normalized spacial score (nSPS) is 14.5. The van der Waals surface area contributed by atoms with E-state index >= 15 is 0 Å². The molecule has 0 radical (unpaired) electrons. The molecular formula is C14H18N2S. The second-order valence-corrected chi connectivity index (χ2v) is 5.20. The van der Waals surface area contributed by atoms with Crippen molar-refractivity contribution >= 4 is 11.3 Å². The monoisotopic (exact) mass is 246 g/mol. The van der Waals surface area contributed by atoms with Gasteiger partial charge in [-0.2, -0.15) is 0 Å². The fourth-order valence-corrected chi connectivity index (χ4v) is 2.87. The van der Waals surface area contributed by atoms with Crippen LogP contribution >= 0.6 is 11.3 Å². The fourth-order valence-electron chi connectivity index (χ4n) is 2.18. The Morgan fingerprint density at radius 2 is 2.06 bits per heavy atom. The van der Waals surface area contributed by atoms with E-state index in [4.69, 9.17) is 5.73 Å². The van der Waals surface area contributed by atoms with Gasteiger partial charge in [0.15, 0.2) is 0 Å². The van der Waals surface area contributed by atoms with Gasteiger partial charge in [0.2, 0.25) is 0 Å². The largest absolute Gasteiger partial charge is 0.327 e. The highest BCUT2D eigenvalue weighted by molar-refractivity contribution is 7.09. The Morgan fingerprint density at radius 1 is 1.29 bits per heavy atom. The summed E-state index contributed by atoms with van der Waals surface area (Å²) in [6.45, 7) is 2.19. The van der Waals surface area contributed by atoms with Crippen LogP contribution in [0.1, 0.15) is 29.8 Å². The van der Waals surface area contributed by atoms with E-state index in [2.05, 4.69) is 36.2 Å². The summed E-state index contributed by atoms with van der Waals surface area (Å²) in [4.78, 5) is 4.31. The summed E-state index contributed by atoms with van der Waals surface area (Å²) in [5.41, 5.74) is 7.65. The van der Waals surface area contributed by atoms with Gasteiger partial charge in [0.25, 0.3) is 0 Å². The number of rotatable bonds is 5. The van der Waals surface area contributed by atoms with Crippen LogP contribution in [-0.4, -0.2) is 11.0 Å². The quantitative estimate of drug-likeness (QED) is 0.880. The minimum atomic E-state index is 0.147. The number of thiazole rings is 1. The zero-order valence-electron chi connectivity index (χ0n) is 10.0. The predicted molar refractivity (Wildman–Crippen MR) is 73.3 cm³/mol. The van der Waals surface area contributed by atoms with Crippen molar-refractivity contribution in [1.82, 2.24) is 4.98 Å². The molecule has 90 valence electrons. The maximum absolute atomic E-state index is 6.32. The Hall–Kier alpha value is -1.19. The molecule has 0 bridgehead atoms. The lowest BCUT2D eigenvalue weighted by molar-refractivity contribution is 0.514.